The third kappa shape index (κ3) is 3.56. The summed E-state index contributed by atoms with van der Waals surface area (Å²) in [6.45, 7) is 8.18. The summed E-state index contributed by atoms with van der Waals surface area (Å²) in [7, 11) is 0. The molecular formula is C33H37NO8. The molecule has 2 fully saturated rings. The molecule has 0 heterocycles. The van der Waals surface area contributed by atoms with Crippen LogP contribution < -0.4 is 5.73 Å². The third-order valence-electron chi connectivity index (χ3n) is 10.7. The van der Waals surface area contributed by atoms with Gasteiger partial charge in [0.05, 0.1) is 23.7 Å². The predicted molar refractivity (Wildman–Crippen MR) is 152 cm³/mol. The number of aromatic hydroxyl groups is 1. The van der Waals surface area contributed by atoms with Gasteiger partial charge in [0.25, 0.3) is 0 Å². The highest BCUT2D eigenvalue weighted by molar-refractivity contribution is 6.09. The van der Waals surface area contributed by atoms with Crippen LogP contribution in [0.4, 0.5) is 0 Å². The molecule has 0 aromatic heterocycles. The molecule has 1 amide bonds. The summed E-state index contributed by atoms with van der Waals surface area (Å²) in [5.74, 6) is -3.14. The van der Waals surface area contributed by atoms with Gasteiger partial charge in [0.15, 0.2) is 17.2 Å². The monoisotopic (exact) mass is 575 g/mol. The number of Topliss-reactive ketones (excluding diaryl/α,β-unsaturated/α-hetero) is 2. The minimum Gasteiger partial charge on any atom is -0.507 e. The zero-order chi connectivity index (χ0) is 31.1. The Kier molecular flexibility index (Phi) is 6.94. The molecule has 2 saturated carbocycles. The first-order chi connectivity index (χ1) is 19.6. The van der Waals surface area contributed by atoms with Crippen molar-refractivity contribution in [1.29, 1.82) is 0 Å². The van der Waals surface area contributed by atoms with Crippen LogP contribution in [0.5, 0.6) is 5.75 Å². The van der Waals surface area contributed by atoms with Crippen molar-refractivity contribution in [3.8, 4) is 17.6 Å². The number of benzene rings is 2. The maximum absolute atomic E-state index is 14.3. The Labute approximate surface area is 244 Å². The first-order valence-corrected chi connectivity index (χ1v) is 14.1. The highest BCUT2D eigenvalue weighted by atomic mass is 16.4. The van der Waals surface area contributed by atoms with Gasteiger partial charge in [-0.1, -0.05) is 64.7 Å². The maximum Gasteiger partial charge on any atom is 0.230 e. The van der Waals surface area contributed by atoms with E-state index in [1.54, 1.807) is 33.8 Å². The molecule has 0 saturated heterocycles. The molecule has 3 aliphatic carbocycles. The van der Waals surface area contributed by atoms with Crippen LogP contribution in [0.2, 0.25) is 0 Å². The highest BCUT2D eigenvalue weighted by Crippen LogP contribution is 2.68. The van der Waals surface area contributed by atoms with Gasteiger partial charge in [0.2, 0.25) is 5.91 Å². The average Bonchev–Trinajstić information content (AvgIpc) is 2.93. The van der Waals surface area contributed by atoms with E-state index in [1.807, 2.05) is 30.3 Å². The lowest BCUT2D eigenvalue weighted by atomic mass is 9.36. The Morgan fingerprint density at radius 1 is 1.00 bits per heavy atom. The van der Waals surface area contributed by atoms with E-state index >= 15 is 0 Å². The Morgan fingerprint density at radius 3 is 2.19 bits per heavy atom. The van der Waals surface area contributed by atoms with Gasteiger partial charge in [-0.3, -0.25) is 14.4 Å². The maximum atomic E-state index is 14.3. The van der Waals surface area contributed by atoms with Crippen LogP contribution in [0.1, 0.15) is 67.6 Å². The fourth-order valence-corrected chi connectivity index (χ4v) is 8.60. The highest BCUT2D eigenvalue weighted by Gasteiger charge is 2.80. The molecule has 222 valence electrons. The number of carbonyl (C=O) groups is 3. The standard InChI is InChI=1S/C33H37NO8/c1-15(2)23-26(37)22(29(34)40)27(38)33(42)28(39)24-25(36)21-19(35)14-13-18(12-11-17-9-7-6-8-10-17)20(21)16(3)31(24,4)30(41)32(23,33)5/h6-10,13-16,22-24,26,28,30,35,37,39,41-42H,1-5H3,(H2,34,40)/t16-,22-,23+,24-,26?,28?,30-,31+,32+,33+/m1/s1. The number of carbonyl (C=O) groups excluding carboxylic acids is 3. The third-order valence-corrected chi connectivity index (χ3v) is 10.7. The SMILES string of the molecule is CC(C)[C@H]1C(O)[C@@H](C(N)=O)C(=O)[C@]2(O)C(O)[C@H]3C(=O)c4c(O)ccc(C#Cc5ccccc5)c4[C@@H](C)[C@]3(C)[C@@H](O)[C@]12C. The van der Waals surface area contributed by atoms with Gasteiger partial charge in [-0.15, -0.1) is 0 Å². The minimum absolute atomic E-state index is 0.113. The lowest BCUT2D eigenvalue weighted by Gasteiger charge is -2.69. The van der Waals surface area contributed by atoms with E-state index in [2.05, 4.69) is 11.8 Å². The summed E-state index contributed by atoms with van der Waals surface area (Å²) in [6.07, 6.45) is -5.39. The summed E-state index contributed by atoms with van der Waals surface area (Å²) < 4.78 is 0. The summed E-state index contributed by atoms with van der Waals surface area (Å²) in [6, 6.07) is 12.1. The van der Waals surface area contributed by atoms with Crippen molar-refractivity contribution < 1.29 is 39.9 Å². The zero-order valence-corrected chi connectivity index (χ0v) is 24.2. The summed E-state index contributed by atoms with van der Waals surface area (Å²) in [5.41, 5.74) is 0.693. The van der Waals surface area contributed by atoms with Gasteiger partial charge in [-0.25, -0.2) is 0 Å². The van der Waals surface area contributed by atoms with Crippen LogP contribution in [0.15, 0.2) is 42.5 Å². The molecule has 2 unspecified atom stereocenters. The first kappa shape index (κ1) is 29.9. The molecule has 0 bridgehead atoms. The molecule has 0 aliphatic heterocycles. The van der Waals surface area contributed by atoms with Gasteiger partial charge in [-0.05, 0) is 47.6 Å². The van der Waals surface area contributed by atoms with Gasteiger partial charge >= 0.3 is 0 Å². The van der Waals surface area contributed by atoms with E-state index in [4.69, 9.17) is 5.73 Å². The van der Waals surface area contributed by atoms with E-state index in [1.165, 1.54) is 13.0 Å². The summed E-state index contributed by atoms with van der Waals surface area (Å²) in [5, 5.41) is 58.8. The number of hydrogen-bond donors (Lipinski definition) is 6. The van der Waals surface area contributed by atoms with E-state index in [0.29, 0.717) is 11.1 Å². The van der Waals surface area contributed by atoms with Crippen molar-refractivity contribution in [2.24, 2.45) is 40.2 Å². The number of nitrogens with two attached hydrogens (primary N) is 1. The zero-order valence-electron chi connectivity index (χ0n) is 24.2. The number of phenolic OH excluding ortho intramolecular Hbond substituents is 1. The Balaban J connectivity index is 1.78. The van der Waals surface area contributed by atoms with Crippen LogP contribution in [-0.2, 0) is 9.59 Å². The van der Waals surface area contributed by atoms with Crippen molar-refractivity contribution in [3.63, 3.8) is 0 Å². The second kappa shape index (κ2) is 9.75. The van der Waals surface area contributed by atoms with Crippen LogP contribution in [-0.4, -0.2) is 66.9 Å². The molecule has 9 heteroatoms. The number of ketones is 2. The van der Waals surface area contributed by atoms with Crippen molar-refractivity contribution in [2.75, 3.05) is 0 Å². The molecule has 0 spiro atoms. The van der Waals surface area contributed by atoms with Crippen molar-refractivity contribution >= 4 is 17.5 Å². The number of amides is 1. The number of aliphatic hydroxyl groups is 4. The summed E-state index contributed by atoms with van der Waals surface area (Å²) >= 11 is 0. The number of aliphatic hydroxyl groups excluding tert-OH is 3. The van der Waals surface area contributed by atoms with E-state index in [-0.39, 0.29) is 11.3 Å². The van der Waals surface area contributed by atoms with Crippen LogP contribution in [0.25, 0.3) is 0 Å². The topological polar surface area (TPSA) is 178 Å². The Hall–Kier alpha value is -3.55. The molecule has 5 rings (SSSR count). The molecule has 10 atom stereocenters. The molecule has 3 aliphatic rings. The van der Waals surface area contributed by atoms with Crippen molar-refractivity contribution in [3.05, 3.63) is 64.7 Å². The molecule has 2 aromatic carbocycles. The molecule has 0 radical (unpaired) electrons. The molecule has 9 nitrogen and oxygen atoms in total. The van der Waals surface area contributed by atoms with Crippen molar-refractivity contribution in [1.82, 2.24) is 0 Å². The molecule has 7 N–H and O–H groups in total. The second-order valence-corrected chi connectivity index (χ2v) is 12.9. The van der Waals surface area contributed by atoms with E-state index in [0.717, 1.165) is 5.56 Å². The number of hydrogen-bond acceptors (Lipinski definition) is 8. The number of fused-ring (bicyclic) bond motifs is 3. The van der Waals surface area contributed by atoms with Crippen LogP contribution >= 0.6 is 0 Å². The average molecular weight is 576 g/mol. The van der Waals surface area contributed by atoms with Crippen molar-refractivity contribution in [2.45, 2.75) is 64.4 Å². The molecule has 2 aromatic rings. The lowest BCUT2D eigenvalue weighted by molar-refractivity contribution is -0.306. The smallest absolute Gasteiger partial charge is 0.230 e. The fraction of sp³-hybridized carbons (Fsp3) is 0.485. The molecular weight excluding hydrogens is 538 g/mol. The number of primary amides is 1. The fourth-order valence-electron chi connectivity index (χ4n) is 8.60. The lowest BCUT2D eigenvalue weighted by Crippen LogP contribution is -2.83. The van der Waals surface area contributed by atoms with Gasteiger partial charge in [0.1, 0.15) is 17.8 Å². The Bertz CT molecular complexity index is 1540. The largest absolute Gasteiger partial charge is 0.507 e. The summed E-state index contributed by atoms with van der Waals surface area (Å²) in [4.78, 5) is 40.5. The van der Waals surface area contributed by atoms with Crippen LogP contribution in [0, 0.1) is 46.3 Å². The molecule has 42 heavy (non-hydrogen) atoms. The van der Waals surface area contributed by atoms with Gasteiger partial charge in [-0.2, -0.15) is 0 Å². The second-order valence-electron chi connectivity index (χ2n) is 12.9. The quantitative estimate of drug-likeness (QED) is 0.230. The van der Waals surface area contributed by atoms with Gasteiger partial charge < -0.3 is 31.3 Å². The van der Waals surface area contributed by atoms with E-state index < -0.39 is 81.8 Å². The van der Waals surface area contributed by atoms with Gasteiger partial charge in [0, 0.05) is 22.0 Å². The first-order valence-electron chi connectivity index (χ1n) is 14.1. The Morgan fingerprint density at radius 2 is 1.62 bits per heavy atom. The minimum atomic E-state index is -2.82. The number of rotatable bonds is 2. The van der Waals surface area contributed by atoms with Crippen LogP contribution in [0.3, 0.4) is 0 Å². The predicted octanol–water partition coefficient (Wildman–Crippen LogP) is 1.50. The normalized spacial score (nSPS) is 39.0. The number of phenols is 1. The van der Waals surface area contributed by atoms with E-state index in [9.17, 15) is 39.9 Å².